The van der Waals surface area contributed by atoms with Crippen molar-refractivity contribution in [2.24, 2.45) is 5.92 Å². The van der Waals surface area contributed by atoms with Crippen molar-refractivity contribution in [3.63, 3.8) is 0 Å². The molecule has 82 valence electrons. The molecule has 6 heteroatoms. The minimum absolute atomic E-state index is 0.0265. The van der Waals surface area contributed by atoms with Crippen LogP contribution in [0.15, 0.2) is 17.2 Å². The molecule has 1 rings (SSSR count). The van der Waals surface area contributed by atoms with Crippen molar-refractivity contribution >= 4 is 11.8 Å². The molecule has 0 saturated carbocycles. The van der Waals surface area contributed by atoms with Crippen LogP contribution in [-0.2, 0) is 4.79 Å². The number of aliphatic carboxylic acids is 1. The zero-order valence-electron chi connectivity index (χ0n) is 8.52. The number of rotatable bonds is 4. The van der Waals surface area contributed by atoms with Gasteiger partial charge in [-0.1, -0.05) is 13.8 Å². The first-order chi connectivity index (χ1) is 7.02. The van der Waals surface area contributed by atoms with Gasteiger partial charge in [0.05, 0.1) is 0 Å². The van der Waals surface area contributed by atoms with Crippen molar-refractivity contribution in [3.8, 4) is 0 Å². The van der Waals surface area contributed by atoms with Crippen LogP contribution >= 0.6 is 0 Å². The maximum Gasteiger partial charge on any atom is 0.326 e. The van der Waals surface area contributed by atoms with Crippen LogP contribution in [0.25, 0.3) is 0 Å². The summed E-state index contributed by atoms with van der Waals surface area (Å²) in [5, 5.41) is 11.5. The molecule has 0 aliphatic carbocycles. The van der Waals surface area contributed by atoms with Crippen LogP contribution < -0.4 is 10.9 Å². The standard InChI is InChI=1S/C9H13N3O3/c1-5(2)6(9(14)15)12-7-8(13)11-4-3-10-7/h3-6H,1-2H3,(H,10,12)(H,11,13)(H,14,15). The SMILES string of the molecule is CC(C)C(Nc1ncc[nH]c1=O)C(=O)O. The van der Waals surface area contributed by atoms with E-state index in [0.717, 1.165) is 0 Å². The highest BCUT2D eigenvalue weighted by molar-refractivity contribution is 5.77. The lowest BCUT2D eigenvalue weighted by Crippen LogP contribution is -2.36. The highest BCUT2D eigenvalue weighted by Gasteiger charge is 2.22. The van der Waals surface area contributed by atoms with E-state index < -0.39 is 17.6 Å². The van der Waals surface area contributed by atoms with Gasteiger partial charge in [-0.3, -0.25) is 4.79 Å². The number of hydrogen-bond donors (Lipinski definition) is 3. The zero-order valence-corrected chi connectivity index (χ0v) is 8.52. The molecule has 1 heterocycles. The zero-order chi connectivity index (χ0) is 11.4. The largest absolute Gasteiger partial charge is 0.480 e. The summed E-state index contributed by atoms with van der Waals surface area (Å²) in [7, 11) is 0. The van der Waals surface area contributed by atoms with E-state index in [1.54, 1.807) is 13.8 Å². The Kier molecular flexibility index (Phi) is 3.43. The molecule has 0 radical (unpaired) electrons. The summed E-state index contributed by atoms with van der Waals surface area (Å²) in [5.41, 5.74) is -0.426. The topological polar surface area (TPSA) is 95.1 Å². The second-order valence-electron chi connectivity index (χ2n) is 3.47. The first-order valence-electron chi connectivity index (χ1n) is 4.55. The number of aromatic amines is 1. The molecule has 0 spiro atoms. The van der Waals surface area contributed by atoms with E-state index in [0.29, 0.717) is 0 Å². The summed E-state index contributed by atoms with van der Waals surface area (Å²) >= 11 is 0. The van der Waals surface area contributed by atoms with Crippen molar-refractivity contribution in [1.82, 2.24) is 9.97 Å². The number of H-pyrrole nitrogens is 1. The second kappa shape index (κ2) is 4.59. The molecule has 1 aromatic rings. The fourth-order valence-electron chi connectivity index (χ4n) is 1.12. The third-order valence-corrected chi connectivity index (χ3v) is 1.93. The van der Waals surface area contributed by atoms with Gasteiger partial charge in [-0.15, -0.1) is 0 Å². The number of carboxylic acid groups (broad SMARTS) is 1. The molecule has 0 fully saturated rings. The molecule has 1 unspecified atom stereocenters. The van der Waals surface area contributed by atoms with Crippen molar-refractivity contribution in [2.75, 3.05) is 5.32 Å². The number of nitrogens with zero attached hydrogens (tertiary/aromatic N) is 1. The number of carboxylic acids is 1. The Morgan fingerprint density at radius 2 is 2.27 bits per heavy atom. The van der Waals surface area contributed by atoms with E-state index in [1.165, 1.54) is 12.4 Å². The van der Waals surface area contributed by atoms with Crippen LogP contribution in [0, 0.1) is 5.92 Å². The summed E-state index contributed by atoms with van der Waals surface area (Å²) in [6, 6.07) is -0.819. The average Bonchev–Trinajstić information content (AvgIpc) is 2.15. The van der Waals surface area contributed by atoms with Crippen LogP contribution in [0.4, 0.5) is 5.82 Å². The first kappa shape index (κ1) is 11.2. The molecule has 0 aliphatic rings. The molecule has 15 heavy (non-hydrogen) atoms. The Labute approximate surface area is 86.4 Å². The van der Waals surface area contributed by atoms with Crippen LogP contribution in [0.1, 0.15) is 13.8 Å². The fourth-order valence-corrected chi connectivity index (χ4v) is 1.12. The van der Waals surface area contributed by atoms with Gasteiger partial charge in [0.15, 0.2) is 5.82 Å². The Balaban J connectivity index is 2.89. The number of hydrogen-bond acceptors (Lipinski definition) is 4. The van der Waals surface area contributed by atoms with Gasteiger partial charge in [-0.2, -0.15) is 0 Å². The molecule has 0 aromatic carbocycles. The summed E-state index contributed by atoms with van der Waals surface area (Å²) in [6.07, 6.45) is 2.78. The Morgan fingerprint density at radius 3 is 2.73 bits per heavy atom. The molecule has 0 amide bonds. The van der Waals surface area contributed by atoms with Crippen LogP contribution in [0.2, 0.25) is 0 Å². The Morgan fingerprint density at radius 1 is 1.60 bits per heavy atom. The predicted octanol–water partition coefficient (Wildman–Crippen LogP) is 0.291. The second-order valence-corrected chi connectivity index (χ2v) is 3.47. The lowest BCUT2D eigenvalue weighted by Gasteiger charge is -2.17. The van der Waals surface area contributed by atoms with E-state index in [-0.39, 0.29) is 11.7 Å². The molecule has 0 saturated heterocycles. The third kappa shape index (κ3) is 2.80. The molecule has 0 aliphatic heterocycles. The molecule has 3 N–H and O–H groups in total. The van der Waals surface area contributed by atoms with Crippen LogP contribution in [0.5, 0.6) is 0 Å². The number of aromatic nitrogens is 2. The summed E-state index contributed by atoms with van der Waals surface area (Å²) in [4.78, 5) is 28.3. The van der Waals surface area contributed by atoms with Gasteiger partial charge in [0.25, 0.3) is 5.56 Å². The highest BCUT2D eigenvalue weighted by atomic mass is 16.4. The fraction of sp³-hybridized carbons (Fsp3) is 0.444. The van der Waals surface area contributed by atoms with Gasteiger partial charge in [0, 0.05) is 12.4 Å². The van der Waals surface area contributed by atoms with E-state index in [9.17, 15) is 9.59 Å². The molecule has 1 aromatic heterocycles. The Hall–Kier alpha value is -1.85. The molecule has 1 atom stereocenters. The molecular weight excluding hydrogens is 198 g/mol. The van der Waals surface area contributed by atoms with Gasteiger partial charge in [0.1, 0.15) is 6.04 Å². The van der Waals surface area contributed by atoms with Crippen LogP contribution in [0.3, 0.4) is 0 Å². The molecule has 0 bridgehead atoms. The van der Waals surface area contributed by atoms with E-state index in [1.807, 2.05) is 0 Å². The third-order valence-electron chi connectivity index (χ3n) is 1.93. The maximum absolute atomic E-state index is 11.2. The normalized spacial score (nSPS) is 12.5. The monoisotopic (exact) mass is 211 g/mol. The van der Waals surface area contributed by atoms with Gasteiger partial charge in [-0.25, -0.2) is 9.78 Å². The smallest absolute Gasteiger partial charge is 0.326 e. The minimum atomic E-state index is -1.00. The van der Waals surface area contributed by atoms with E-state index in [2.05, 4.69) is 15.3 Å². The van der Waals surface area contributed by atoms with Crippen molar-refractivity contribution in [2.45, 2.75) is 19.9 Å². The summed E-state index contributed by atoms with van der Waals surface area (Å²) in [6.45, 7) is 3.51. The number of nitrogens with one attached hydrogen (secondary N) is 2. The predicted molar refractivity (Wildman–Crippen MR) is 54.7 cm³/mol. The quantitative estimate of drug-likeness (QED) is 0.665. The van der Waals surface area contributed by atoms with Gasteiger partial charge < -0.3 is 15.4 Å². The minimum Gasteiger partial charge on any atom is -0.480 e. The Bertz CT molecular complexity index is 400. The van der Waals surface area contributed by atoms with Gasteiger partial charge in [0.2, 0.25) is 0 Å². The lowest BCUT2D eigenvalue weighted by molar-refractivity contribution is -0.138. The average molecular weight is 211 g/mol. The van der Waals surface area contributed by atoms with Crippen LogP contribution in [-0.4, -0.2) is 27.1 Å². The molecular formula is C9H13N3O3. The molecule has 6 nitrogen and oxygen atoms in total. The van der Waals surface area contributed by atoms with Crippen molar-refractivity contribution < 1.29 is 9.90 Å². The van der Waals surface area contributed by atoms with E-state index >= 15 is 0 Å². The van der Waals surface area contributed by atoms with Gasteiger partial charge >= 0.3 is 5.97 Å². The van der Waals surface area contributed by atoms with Crippen molar-refractivity contribution in [1.29, 1.82) is 0 Å². The highest BCUT2D eigenvalue weighted by Crippen LogP contribution is 2.06. The first-order valence-corrected chi connectivity index (χ1v) is 4.55. The summed E-state index contributed by atoms with van der Waals surface area (Å²) in [5.74, 6) is -1.11. The maximum atomic E-state index is 11.2. The summed E-state index contributed by atoms with van der Waals surface area (Å²) < 4.78 is 0. The number of anilines is 1. The van der Waals surface area contributed by atoms with E-state index in [4.69, 9.17) is 5.11 Å². The number of carbonyl (C=O) groups is 1. The van der Waals surface area contributed by atoms with Gasteiger partial charge in [-0.05, 0) is 5.92 Å². The lowest BCUT2D eigenvalue weighted by atomic mass is 10.1. The van der Waals surface area contributed by atoms with Crippen molar-refractivity contribution in [3.05, 3.63) is 22.7 Å².